The molecule has 0 spiro atoms. The van der Waals surface area contributed by atoms with E-state index in [2.05, 4.69) is 181 Å². The maximum atomic E-state index is 6.54. The highest BCUT2D eigenvalue weighted by molar-refractivity contribution is 6.11. The second-order valence-electron chi connectivity index (χ2n) is 17.6. The van der Waals surface area contributed by atoms with Crippen molar-refractivity contribution in [3.63, 3.8) is 0 Å². The molecule has 68 heavy (non-hydrogen) atoms. The van der Waals surface area contributed by atoms with Gasteiger partial charge < -0.3 is 8.98 Å². The molecule has 9 aromatic carbocycles. The lowest BCUT2D eigenvalue weighted by Crippen LogP contribution is -2.05. The third kappa shape index (κ3) is 7.09. The standard InChI is InChI=1S/C63H42N4O/c1-5-16-41(17-6-1)49-34-50(42-18-7-2-8-19-42)36-51(35-49)45-24-15-25-52(37-45)67-57-27-14-13-26-53(57)55-38-46(29-32-58(55)67)47-30-33-59-56(39-47)54-31-28-48(40-60(54)68-59)63-65-61(43-20-9-3-10-21-43)64-62(66-63)44-22-11-4-12-23-44/h1-35,37-40,51H,36H2. The Morgan fingerprint density at radius 1 is 0.382 bits per heavy atom. The molecule has 13 rings (SSSR count). The van der Waals surface area contributed by atoms with E-state index in [0.717, 1.165) is 61.9 Å². The Balaban J connectivity index is 0.862. The summed E-state index contributed by atoms with van der Waals surface area (Å²) in [7, 11) is 0. The van der Waals surface area contributed by atoms with Gasteiger partial charge in [0, 0.05) is 49.8 Å². The second-order valence-corrected chi connectivity index (χ2v) is 17.6. The van der Waals surface area contributed by atoms with Crippen LogP contribution in [0.4, 0.5) is 0 Å². The van der Waals surface area contributed by atoms with E-state index >= 15 is 0 Å². The van der Waals surface area contributed by atoms with Crippen molar-refractivity contribution in [1.29, 1.82) is 0 Å². The molecule has 5 nitrogen and oxygen atoms in total. The van der Waals surface area contributed by atoms with Gasteiger partial charge in [-0.05, 0) is 100.0 Å². The van der Waals surface area contributed by atoms with Crippen LogP contribution in [0.15, 0.2) is 241 Å². The molecule has 3 aromatic heterocycles. The number of para-hydroxylation sites is 1. The number of aromatic nitrogens is 4. The average molecular weight is 871 g/mol. The minimum Gasteiger partial charge on any atom is -0.456 e. The predicted octanol–water partition coefficient (Wildman–Crippen LogP) is 16.2. The van der Waals surface area contributed by atoms with Crippen molar-refractivity contribution in [2.45, 2.75) is 12.3 Å². The fourth-order valence-corrected chi connectivity index (χ4v) is 10.0. The van der Waals surface area contributed by atoms with Crippen molar-refractivity contribution < 1.29 is 4.42 Å². The van der Waals surface area contributed by atoms with E-state index in [0.29, 0.717) is 17.5 Å². The van der Waals surface area contributed by atoms with Gasteiger partial charge in [-0.15, -0.1) is 0 Å². The normalized spacial score (nSPS) is 13.9. The van der Waals surface area contributed by atoms with Crippen LogP contribution in [0, 0.1) is 0 Å². The molecule has 320 valence electrons. The molecule has 1 aliphatic rings. The van der Waals surface area contributed by atoms with Gasteiger partial charge in [0.05, 0.1) is 11.0 Å². The Bertz CT molecular complexity index is 3870. The molecule has 0 saturated heterocycles. The number of benzene rings is 9. The van der Waals surface area contributed by atoms with Gasteiger partial charge in [-0.3, -0.25) is 0 Å². The first-order chi connectivity index (χ1) is 33.7. The average Bonchev–Trinajstić information content (AvgIpc) is 3.96. The summed E-state index contributed by atoms with van der Waals surface area (Å²) >= 11 is 0. The van der Waals surface area contributed by atoms with Gasteiger partial charge in [0.1, 0.15) is 11.2 Å². The summed E-state index contributed by atoms with van der Waals surface area (Å²) in [6.45, 7) is 0. The Hall–Kier alpha value is -8.93. The molecule has 1 atom stereocenters. The molecule has 0 N–H and O–H groups in total. The molecular weight excluding hydrogens is 829 g/mol. The van der Waals surface area contributed by atoms with Gasteiger partial charge in [0.15, 0.2) is 17.5 Å². The molecule has 1 aliphatic carbocycles. The molecular formula is C63H42N4O. The minimum atomic E-state index is 0.217. The van der Waals surface area contributed by atoms with Gasteiger partial charge in [-0.1, -0.05) is 182 Å². The Morgan fingerprint density at radius 3 is 1.66 bits per heavy atom. The number of fused-ring (bicyclic) bond motifs is 6. The topological polar surface area (TPSA) is 56.7 Å². The monoisotopic (exact) mass is 870 g/mol. The van der Waals surface area contributed by atoms with Crippen molar-refractivity contribution in [1.82, 2.24) is 19.5 Å². The Morgan fingerprint density at radius 2 is 0.956 bits per heavy atom. The van der Waals surface area contributed by atoms with Gasteiger partial charge in [0.2, 0.25) is 0 Å². The van der Waals surface area contributed by atoms with E-state index in [4.69, 9.17) is 19.4 Å². The summed E-state index contributed by atoms with van der Waals surface area (Å²) in [6.07, 6.45) is 5.76. The quantitative estimate of drug-likeness (QED) is 0.153. The highest BCUT2D eigenvalue weighted by Crippen LogP contribution is 2.42. The summed E-state index contributed by atoms with van der Waals surface area (Å²) in [6, 6.07) is 79.3. The van der Waals surface area contributed by atoms with Crippen LogP contribution in [0.5, 0.6) is 0 Å². The molecule has 3 heterocycles. The van der Waals surface area contributed by atoms with E-state index in [9.17, 15) is 0 Å². The number of rotatable bonds is 8. The number of hydrogen-bond acceptors (Lipinski definition) is 4. The summed E-state index contributed by atoms with van der Waals surface area (Å²) in [5, 5.41) is 4.54. The maximum Gasteiger partial charge on any atom is 0.164 e. The van der Waals surface area contributed by atoms with E-state index < -0.39 is 0 Å². The van der Waals surface area contributed by atoms with Crippen LogP contribution in [-0.4, -0.2) is 19.5 Å². The first-order valence-electron chi connectivity index (χ1n) is 23.2. The second kappa shape index (κ2) is 16.5. The van der Waals surface area contributed by atoms with E-state index in [1.807, 2.05) is 60.7 Å². The predicted molar refractivity (Wildman–Crippen MR) is 279 cm³/mol. The zero-order valence-electron chi connectivity index (χ0n) is 37.0. The van der Waals surface area contributed by atoms with Gasteiger partial charge >= 0.3 is 0 Å². The smallest absolute Gasteiger partial charge is 0.164 e. The lowest BCUT2D eigenvalue weighted by molar-refractivity contribution is 0.669. The molecule has 5 heteroatoms. The van der Waals surface area contributed by atoms with Gasteiger partial charge in [-0.25, -0.2) is 15.0 Å². The van der Waals surface area contributed by atoms with Gasteiger partial charge in [0.25, 0.3) is 0 Å². The summed E-state index contributed by atoms with van der Waals surface area (Å²) in [4.78, 5) is 14.8. The fraction of sp³-hybridized carbons (Fsp3) is 0.0317. The number of furan rings is 1. The highest BCUT2D eigenvalue weighted by Gasteiger charge is 2.22. The van der Waals surface area contributed by atoms with Crippen molar-refractivity contribution >= 4 is 54.9 Å². The van der Waals surface area contributed by atoms with Crippen molar-refractivity contribution in [3.8, 4) is 51.0 Å². The SMILES string of the molecule is C1=C(c2ccccc2)C=C(c2ccccc2)CC1c1cccc(-n2c3ccccc3c3cc(-c4ccc5oc6cc(-c7nc(-c8ccccc8)nc(-c8ccccc8)n7)ccc6c5c4)ccc32)c1. The zero-order chi connectivity index (χ0) is 45.0. The van der Waals surface area contributed by atoms with Crippen molar-refractivity contribution in [2.24, 2.45) is 0 Å². The third-order valence-electron chi connectivity index (χ3n) is 13.4. The Labute approximate surface area is 393 Å². The van der Waals surface area contributed by atoms with E-state index in [-0.39, 0.29) is 5.92 Å². The first kappa shape index (κ1) is 39.4. The summed E-state index contributed by atoms with van der Waals surface area (Å²) in [5.41, 5.74) is 16.6. The lowest BCUT2D eigenvalue weighted by Gasteiger charge is -2.24. The maximum absolute atomic E-state index is 6.54. The molecule has 1 unspecified atom stereocenters. The molecule has 0 radical (unpaired) electrons. The van der Waals surface area contributed by atoms with Gasteiger partial charge in [-0.2, -0.15) is 0 Å². The van der Waals surface area contributed by atoms with Crippen LogP contribution in [0.25, 0.3) is 106 Å². The van der Waals surface area contributed by atoms with Crippen molar-refractivity contribution in [3.05, 3.63) is 253 Å². The highest BCUT2D eigenvalue weighted by atomic mass is 16.3. The Kier molecular flexibility index (Phi) is 9.57. The lowest BCUT2D eigenvalue weighted by atomic mass is 9.81. The number of allylic oxidation sites excluding steroid dienone is 4. The van der Waals surface area contributed by atoms with E-state index in [1.165, 1.54) is 49.6 Å². The molecule has 0 aliphatic heterocycles. The molecule has 12 aromatic rings. The van der Waals surface area contributed by atoms with E-state index in [1.54, 1.807) is 0 Å². The van der Waals surface area contributed by atoms with Crippen LogP contribution in [0.1, 0.15) is 29.0 Å². The molecule has 0 saturated carbocycles. The molecule has 0 bridgehead atoms. The van der Waals surface area contributed by atoms with Crippen LogP contribution >= 0.6 is 0 Å². The fourth-order valence-electron chi connectivity index (χ4n) is 10.0. The zero-order valence-corrected chi connectivity index (χ0v) is 37.0. The summed E-state index contributed by atoms with van der Waals surface area (Å²) < 4.78 is 8.97. The van der Waals surface area contributed by atoms with Crippen molar-refractivity contribution in [2.75, 3.05) is 0 Å². The van der Waals surface area contributed by atoms with Crippen LogP contribution < -0.4 is 0 Å². The van der Waals surface area contributed by atoms with Crippen LogP contribution in [0.3, 0.4) is 0 Å². The molecule has 0 fully saturated rings. The molecule has 0 amide bonds. The largest absolute Gasteiger partial charge is 0.456 e. The minimum absolute atomic E-state index is 0.217. The van der Waals surface area contributed by atoms with Crippen LogP contribution in [-0.2, 0) is 0 Å². The third-order valence-corrected chi connectivity index (χ3v) is 13.4. The number of hydrogen-bond donors (Lipinski definition) is 0. The number of nitrogens with zero attached hydrogens (tertiary/aromatic N) is 4. The van der Waals surface area contributed by atoms with Crippen LogP contribution in [0.2, 0.25) is 0 Å². The summed E-state index contributed by atoms with van der Waals surface area (Å²) in [5.74, 6) is 2.07. The first-order valence-corrected chi connectivity index (χ1v) is 23.2.